The molecule has 2 rings (SSSR count). The van der Waals surface area contributed by atoms with E-state index in [0.29, 0.717) is 27.2 Å². The summed E-state index contributed by atoms with van der Waals surface area (Å²) in [6, 6.07) is 3.07. The normalized spacial score (nSPS) is 9.50. The predicted molar refractivity (Wildman–Crippen MR) is 83.2 cm³/mol. The third kappa shape index (κ3) is 5.92. The Hall–Kier alpha value is -1.08. The van der Waals surface area contributed by atoms with Gasteiger partial charge in [-0.05, 0) is 11.6 Å². The molecule has 0 atom stereocenters. The summed E-state index contributed by atoms with van der Waals surface area (Å²) in [5, 5.41) is 6.67. The monoisotopic (exact) mass is 354 g/mol. The van der Waals surface area contributed by atoms with Crippen LogP contribution < -0.4 is 10.6 Å². The minimum Gasteiger partial charge on any atom is -0.373 e. The number of hydrogen-bond acceptors (Lipinski definition) is 6. The zero-order valence-corrected chi connectivity index (χ0v) is 13.5. The van der Waals surface area contributed by atoms with Crippen LogP contribution in [0.15, 0.2) is 12.1 Å². The minimum absolute atomic E-state index is 0.150. The maximum absolute atomic E-state index is 5.55. The van der Waals surface area contributed by atoms with Crippen molar-refractivity contribution in [3.63, 3.8) is 0 Å². The Bertz CT molecular complexity index is 488. The first-order chi connectivity index (χ1) is 9.44. The van der Waals surface area contributed by atoms with Gasteiger partial charge < -0.3 is 10.6 Å². The van der Waals surface area contributed by atoms with Gasteiger partial charge in [0.1, 0.15) is 21.3 Å². The van der Waals surface area contributed by atoms with Crippen molar-refractivity contribution in [3.05, 3.63) is 32.9 Å². The maximum Gasteiger partial charge on any atom is 0.225 e. The van der Waals surface area contributed by atoms with E-state index in [4.69, 9.17) is 46.4 Å². The first kappa shape index (κ1) is 17.0. The van der Waals surface area contributed by atoms with E-state index in [1.54, 1.807) is 20.2 Å². The fourth-order valence-electron chi connectivity index (χ4n) is 1.02. The zero-order chi connectivity index (χ0) is 15.1. The second-order valence-corrected chi connectivity index (χ2v) is 4.68. The van der Waals surface area contributed by atoms with Crippen molar-refractivity contribution >= 4 is 58.2 Å². The van der Waals surface area contributed by atoms with Gasteiger partial charge in [0.2, 0.25) is 11.2 Å². The van der Waals surface area contributed by atoms with Crippen molar-refractivity contribution in [2.45, 2.75) is 0 Å². The zero-order valence-electron chi connectivity index (χ0n) is 10.5. The van der Waals surface area contributed by atoms with Crippen LogP contribution in [0.2, 0.25) is 20.7 Å². The first-order valence-corrected chi connectivity index (χ1v) is 6.71. The SMILES string of the molecule is CNc1cc(Cl)nc(Cl)n1.CNc1nc(Cl)cc(Cl)n1. The number of nitrogens with zero attached hydrogens (tertiary/aromatic N) is 4. The molecule has 10 heteroatoms. The molecule has 6 nitrogen and oxygen atoms in total. The molecule has 2 heterocycles. The lowest BCUT2D eigenvalue weighted by Crippen LogP contribution is -1.95. The Labute approximate surface area is 135 Å². The summed E-state index contributed by atoms with van der Waals surface area (Å²) in [5.74, 6) is 1.04. The molecule has 0 bridgehead atoms. The summed E-state index contributed by atoms with van der Waals surface area (Å²) in [4.78, 5) is 15.1. The van der Waals surface area contributed by atoms with Crippen LogP contribution >= 0.6 is 46.4 Å². The lowest BCUT2D eigenvalue weighted by atomic mass is 10.6. The van der Waals surface area contributed by atoms with E-state index in [1.807, 2.05) is 0 Å². The Morgan fingerprint density at radius 1 is 0.750 bits per heavy atom. The molecule has 0 aliphatic rings. The standard InChI is InChI=1S/2C5H5Cl2N3/c1-8-4-2-3(6)9-5(7)10-4;1-8-5-9-3(6)2-4(7)10-5/h2*2H,1H3,(H,8,9,10). The summed E-state index contributed by atoms with van der Waals surface area (Å²) in [5.41, 5.74) is 0. The van der Waals surface area contributed by atoms with Crippen LogP contribution in [0.4, 0.5) is 11.8 Å². The van der Waals surface area contributed by atoms with Crippen molar-refractivity contribution in [3.8, 4) is 0 Å². The summed E-state index contributed by atoms with van der Waals surface area (Å²) in [6.45, 7) is 0. The lowest BCUT2D eigenvalue weighted by molar-refractivity contribution is 1.15. The number of nitrogens with one attached hydrogen (secondary N) is 2. The van der Waals surface area contributed by atoms with E-state index in [9.17, 15) is 0 Å². The number of rotatable bonds is 2. The Morgan fingerprint density at radius 3 is 1.75 bits per heavy atom. The van der Waals surface area contributed by atoms with E-state index in [1.165, 1.54) is 6.07 Å². The van der Waals surface area contributed by atoms with E-state index in [0.717, 1.165) is 0 Å². The van der Waals surface area contributed by atoms with Crippen LogP contribution in [0.25, 0.3) is 0 Å². The van der Waals surface area contributed by atoms with Gasteiger partial charge in [0, 0.05) is 26.2 Å². The molecule has 108 valence electrons. The number of halogens is 4. The van der Waals surface area contributed by atoms with Crippen LogP contribution in [-0.4, -0.2) is 34.0 Å². The van der Waals surface area contributed by atoms with Gasteiger partial charge in [-0.25, -0.2) is 19.9 Å². The van der Waals surface area contributed by atoms with Gasteiger partial charge in [-0.3, -0.25) is 0 Å². The lowest BCUT2D eigenvalue weighted by Gasteiger charge is -1.97. The van der Waals surface area contributed by atoms with Crippen molar-refractivity contribution in [2.24, 2.45) is 0 Å². The molecule has 0 spiro atoms. The fourth-order valence-corrected chi connectivity index (χ4v) is 1.85. The Morgan fingerprint density at radius 2 is 1.30 bits per heavy atom. The third-order valence-corrected chi connectivity index (χ3v) is 2.56. The maximum atomic E-state index is 5.55. The summed E-state index contributed by atoms with van der Waals surface area (Å²) in [6.07, 6.45) is 0. The highest BCUT2D eigenvalue weighted by Crippen LogP contribution is 2.13. The van der Waals surface area contributed by atoms with Gasteiger partial charge in [0.25, 0.3) is 0 Å². The Kier molecular flexibility index (Phi) is 7.01. The van der Waals surface area contributed by atoms with Crippen LogP contribution in [-0.2, 0) is 0 Å². The molecular weight excluding hydrogens is 346 g/mol. The van der Waals surface area contributed by atoms with E-state index in [-0.39, 0.29) is 5.28 Å². The average Bonchev–Trinajstić information content (AvgIpc) is 2.37. The topological polar surface area (TPSA) is 75.6 Å². The van der Waals surface area contributed by atoms with Crippen LogP contribution in [0, 0.1) is 0 Å². The highest BCUT2D eigenvalue weighted by atomic mass is 35.5. The number of hydrogen-bond donors (Lipinski definition) is 2. The number of anilines is 2. The van der Waals surface area contributed by atoms with Gasteiger partial charge in [-0.15, -0.1) is 0 Å². The summed E-state index contributed by atoms with van der Waals surface area (Å²) >= 11 is 22.1. The molecule has 0 aromatic carbocycles. The average molecular weight is 356 g/mol. The third-order valence-electron chi connectivity index (χ3n) is 1.81. The van der Waals surface area contributed by atoms with Gasteiger partial charge in [0.15, 0.2) is 0 Å². The highest BCUT2D eigenvalue weighted by molar-refractivity contribution is 6.33. The molecule has 0 aliphatic carbocycles. The number of aromatic nitrogens is 4. The van der Waals surface area contributed by atoms with Crippen molar-refractivity contribution in [1.82, 2.24) is 19.9 Å². The van der Waals surface area contributed by atoms with E-state index in [2.05, 4.69) is 30.6 Å². The fraction of sp³-hybridized carbons (Fsp3) is 0.200. The molecule has 0 unspecified atom stereocenters. The quantitative estimate of drug-likeness (QED) is 0.632. The predicted octanol–water partition coefficient (Wildman–Crippen LogP) is 3.65. The van der Waals surface area contributed by atoms with E-state index < -0.39 is 0 Å². The largest absolute Gasteiger partial charge is 0.373 e. The van der Waals surface area contributed by atoms with Gasteiger partial charge >= 0.3 is 0 Å². The Balaban J connectivity index is 0.000000200. The molecular formula is C10H10Cl4N6. The van der Waals surface area contributed by atoms with Crippen molar-refractivity contribution < 1.29 is 0 Å². The second-order valence-electron chi connectivity index (χ2n) is 3.18. The van der Waals surface area contributed by atoms with Crippen LogP contribution in [0.1, 0.15) is 0 Å². The van der Waals surface area contributed by atoms with Crippen molar-refractivity contribution in [2.75, 3.05) is 24.7 Å². The van der Waals surface area contributed by atoms with Gasteiger partial charge in [0.05, 0.1) is 0 Å². The van der Waals surface area contributed by atoms with E-state index >= 15 is 0 Å². The molecule has 2 N–H and O–H groups in total. The summed E-state index contributed by atoms with van der Waals surface area (Å²) in [7, 11) is 3.43. The van der Waals surface area contributed by atoms with Gasteiger partial charge in [-0.2, -0.15) is 0 Å². The molecule has 0 saturated carbocycles. The molecule has 0 amide bonds. The molecule has 0 saturated heterocycles. The first-order valence-electron chi connectivity index (χ1n) is 5.20. The van der Waals surface area contributed by atoms with Crippen molar-refractivity contribution in [1.29, 1.82) is 0 Å². The highest BCUT2D eigenvalue weighted by Gasteiger charge is 1.97. The second kappa shape index (κ2) is 8.26. The summed E-state index contributed by atoms with van der Waals surface area (Å²) < 4.78 is 0. The molecule has 0 fully saturated rings. The molecule has 2 aromatic heterocycles. The molecule has 20 heavy (non-hydrogen) atoms. The van der Waals surface area contributed by atoms with Crippen LogP contribution in [0.3, 0.4) is 0 Å². The van der Waals surface area contributed by atoms with Crippen LogP contribution in [0.5, 0.6) is 0 Å². The molecule has 0 radical (unpaired) electrons. The minimum atomic E-state index is 0.150. The smallest absolute Gasteiger partial charge is 0.225 e. The molecule has 2 aromatic rings. The molecule has 0 aliphatic heterocycles. The van der Waals surface area contributed by atoms with Gasteiger partial charge in [-0.1, -0.05) is 34.8 Å².